The summed E-state index contributed by atoms with van der Waals surface area (Å²) in [6.45, 7) is 12.4. The molecule has 0 spiro atoms. The molecular formula is C12H28N2O. The molecule has 0 aromatic rings. The summed E-state index contributed by atoms with van der Waals surface area (Å²) in [5, 5.41) is 0. The Morgan fingerprint density at radius 2 is 1.93 bits per heavy atom. The molecular weight excluding hydrogens is 188 g/mol. The molecule has 92 valence electrons. The minimum Gasteiger partial charge on any atom is -0.383 e. The van der Waals surface area contributed by atoms with Gasteiger partial charge in [0.1, 0.15) is 0 Å². The van der Waals surface area contributed by atoms with Crippen molar-refractivity contribution >= 4 is 0 Å². The predicted molar refractivity (Wildman–Crippen MR) is 66.0 cm³/mol. The average molecular weight is 216 g/mol. The molecule has 0 aromatic heterocycles. The van der Waals surface area contributed by atoms with E-state index >= 15 is 0 Å². The van der Waals surface area contributed by atoms with Crippen molar-refractivity contribution in [2.45, 2.75) is 39.7 Å². The maximum atomic E-state index is 5.93. The first-order valence-corrected chi connectivity index (χ1v) is 6.00. The van der Waals surface area contributed by atoms with Crippen molar-refractivity contribution in [3.63, 3.8) is 0 Å². The minimum absolute atomic E-state index is 0.0216. The van der Waals surface area contributed by atoms with Crippen LogP contribution in [0.4, 0.5) is 0 Å². The van der Waals surface area contributed by atoms with Gasteiger partial charge in [-0.2, -0.15) is 0 Å². The highest BCUT2D eigenvalue weighted by Gasteiger charge is 2.33. The van der Waals surface area contributed by atoms with Gasteiger partial charge in [-0.3, -0.25) is 4.90 Å². The van der Waals surface area contributed by atoms with Gasteiger partial charge in [-0.1, -0.05) is 27.7 Å². The Morgan fingerprint density at radius 3 is 2.20 bits per heavy atom. The smallest absolute Gasteiger partial charge is 0.0658 e. The highest BCUT2D eigenvalue weighted by Crippen LogP contribution is 2.20. The maximum Gasteiger partial charge on any atom is 0.0658 e. The molecule has 1 atom stereocenters. The zero-order chi connectivity index (χ0) is 11.9. The number of nitrogens with zero attached hydrogens (tertiary/aromatic N) is 1. The second-order valence-electron chi connectivity index (χ2n) is 4.65. The Bertz CT molecular complexity index is 156. The van der Waals surface area contributed by atoms with E-state index in [0.717, 1.165) is 26.1 Å². The molecule has 0 heterocycles. The van der Waals surface area contributed by atoms with Crippen molar-refractivity contribution in [3.05, 3.63) is 0 Å². The van der Waals surface area contributed by atoms with Crippen LogP contribution in [-0.4, -0.2) is 43.8 Å². The van der Waals surface area contributed by atoms with Crippen LogP contribution in [-0.2, 0) is 4.74 Å². The molecule has 0 fully saturated rings. The van der Waals surface area contributed by atoms with Gasteiger partial charge in [0.05, 0.1) is 12.1 Å². The lowest BCUT2D eigenvalue weighted by Crippen LogP contribution is -2.57. The number of likely N-dealkylation sites (N-methyl/N-ethyl adjacent to an activating group) is 1. The monoisotopic (exact) mass is 216 g/mol. The molecule has 2 N–H and O–H groups in total. The predicted octanol–water partition coefficient (Wildman–Crippen LogP) is 1.72. The summed E-state index contributed by atoms with van der Waals surface area (Å²) in [6, 6.07) is 0. The average Bonchev–Trinajstić information content (AvgIpc) is 2.23. The molecule has 0 rings (SSSR count). The van der Waals surface area contributed by atoms with Crippen LogP contribution in [0.15, 0.2) is 0 Å². The third-order valence-electron chi connectivity index (χ3n) is 3.09. The van der Waals surface area contributed by atoms with Crippen LogP contribution in [0, 0.1) is 5.92 Å². The van der Waals surface area contributed by atoms with Crippen LogP contribution < -0.4 is 5.73 Å². The molecule has 0 bridgehead atoms. The van der Waals surface area contributed by atoms with Crippen LogP contribution in [0.1, 0.15) is 34.1 Å². The number of rotatable bonds is 8. The first kappa shape index (κ1) is 14.9. The third kappa shape index (κ3) is 4.09. The molecule has 0 amide bonds. The fraction of sp³-hybridized carbons (Fsp3) is 1.00. The van der Waals surface area contributed by atoms with Crippen molar-refractivity contribution in [2.75, 3.05) is 33.4 Å². The van der Waals surface area contributed by atoms with E-state index in [-0.39, 0.29) is 5.54 Å². The fourth-order valence-electron chi connectivity index (χ4n) is 2.12. The van der Waals surface area contributed by atoms with Crippen LogP contribution in [0.25, 0.3) is 0 Å². The maximum absolute atomic E-state index is 5.93. The molecule has 3 heteroatoms. The Morgan fingerprint density at radius 1 is 1.33 bits per heavy atom. The Hall–Kier alpha value is -0.120. The molecule has 0 aliphatic rings. The molecule has 0 aliphatic carbocycles. The minimum atomic E-state index is 0.0216. The SMILES string of the molecule is CCN(CC(C)C)C(CC)(CN)COC. The zero-order valence-corrected chi connectivity index (χ0v) is 11.0. The van der Waals surface area contributed by atoms with Gasteiger partial charge >= 0.3 is 0 Å². The molecule has 3 nitrogen and oxygen atoms in total. The molecule has 0 aliphatic heterocycles. The second-order valence-corrected chi connectivity index (χ2v) is 4.65. The van der Waals surface area contributed by atoms with E-state index in [9.17, 15) is 0 Å². The van der Waals surface area contributed by atoms with Gasteiger partial charge in [-0.25, -0.2) is 0 Å². The van der Waals surface area contributed by atoms with Gasteiger partial charge in [-0.05, 0) is 18.9 Å². The van der Waals surface area contributed by atoms with Gasteiger partial charge in [0.15, 0.2) is 0 Å². The van der Waals surface area contributed by atoms with Crippen LogP contribution in [0.2, 0.25) is 0 Å². The summed E-state index contributed by atoms with van der Waals surface area (Å²) < 4.78 is 5.33. The number of ether oxygens (including phenoxy) is 1. The van der Waals surface area contributed by atoms with Crippen LogP contribution >= 0.6 is 0 Å². The zero-order valence-electron chi connectivity index (χ0n) is 11.0. The summed E-state index contributed by atoms with van der Waals surface area (Å²) in [7, 11) is 1.75. The number of nitrogens with two attached hydrogens (primary N) is 1. The lowest BCUT2D eigenvalue weighted by atomic mass is 9.93. The Labute approximate surface area is 95.0 Å². The summed E-state index contributed by atoms with van der Waals surface area (Å²) in [4.78, 5) is 2.46. The van der Waals surface area contributed by atoms with Crippen LogP contribution in [0.5, 0.6) is 0 Å². The van der Waals surface area contributed by atoms with Crippen molar-refractivity contribution < 1.29 is 4.74 Å². The normalized spacial score (nSPS) is 16.0. The Balaban J connectivity index is 4.66. The third-order valence-corrected chi connectivity index (χ3v) is 3.09. The summed E-state index contributed by atoms with van der Waals surface area (Å²) in [6.07, 6.45) is 1.04. The largest absolute Gasteiger partial charge is 0.383 e. The fourth-order valence-corrected chi connectivity index (χ4v) is 2.12. The van der Waals surface area contributed by atoms with E-state index in [4.69, 9.17) is 10.5 Å². The lowest BCUT2D eigenvalue weighted by molar-refractivity contribution is 0.00833. The molecule has 0 radical (unpaired) electrons. The summed E-state index contributed by atoms with van der Waals surface area (Å²) >= 11 is 0. The van der Waals surface area contributed by atoms with Crippen molar-refractivity contribution in [1.29, 1.82) is 0 Å². The van der Waals surface area contributed by atoms with Gasteiger partial charge in [0, 0.05) is 20.2 Å². The molecule has 0 saturated heterocycles. The van der Waals surface area contributed by atoms with E-state index in [1.54, 1.807) is 7.11 Å². The second kappa shape index (κ2) is 7.20. The van der Waals surface area contributed by atoms with E-state index in [1.165, 1.54) is 0 Å². The first-order chi connectivity index (χ1) is 7.06. The molecule has 0 aromatic carbocycles. The highest BCUT2D eigenvalue weighted by molar-refractivity contribution is 4.90. The van der Waals surface area contributed by atoms with E-state index < -0.39 is 0 Å². The van der Waals surface area contributed by atoms with Gasteiger partial charge in [0.2, 0.25) is 0 Å². The lowest BCUT2D eigenvalue weighted by Gasteiger charge is -2.43. The van der Waals surface area contributed by atoms with Crippen molar-refractivity contribution in [1.82, 2.24) is 4.90 Å². The number of hydrogen-bond acceptors (Lipinski definition) is 3. The Kier molecular flexibility index (Phi) is 7.14. The van der Waals surface area contributed by atoms with Crippen LogP contribution in [0.3, 0.4) is 0 Å². The van der Waals surface area contributed by atoms with Gasteiger partial charge in [0.25, 0.3) is 0 Å². The van der Waals surface area contributed by atoms with E-state index in [1.807, 2.05) is 0 Å². The van der Waals surface area contributed by atoms with Gasteiger partial charge < -0.3 is 10.5 Å². The highest BCUT2D eigenvalue weighted by atomic mass is 16.5. The number of hydrogen-bond donors (Lipinski definition) is 1. The molecule has 1 unspecified atom stereocenters. The standard InChI is InChI=1S/C12H28N2O/c1-6-12(9-13,10-15-5)14(7-2)8-11(3)4/h11H,6-10,13H2,1-5H3. The molecule has 15 heavy (non-hydrogen) atoms. The molecule has 0 saturated carbocycles. The quantitative estimate of drug-likeness (QED) is 0.671. The number of methoxy groups -OCH3 is 1. The summed E-state index contributed by atoms with van der Waals surface area (Å²) in [5.74, 6) is 0.666. The van der Waals surface area contributed by atoms with E-state index in [2.05, 4.69) is 32.6 Å². The van der Waals surface area contributed by atoms with Crippen molar-refractivity contribution in [2.24, 2.45) is 11.7 Å². The van der Waals surface area contributed by atoms with E-state index in [0.29, 0.717) is 12.5 Å². The van der Waals surface area contributed by atoms with Gasteiger partial charge in [-0.15, -0.1) is 0 Å². The summed E-state index contributed by atoms with van der Waals surface area (Å²) in [5.41, 5.74) is 5.96. The first-order valence-electron chi connectivity index (χ1n) is 6.00. The van der Waals surface area contributed by atoms with Crippen molar-refractivity contribution in [3.8, 4) is 0 Å². The topological polar surface area (TPSA) is 38.5 Å².